The molecule has 2 nitrogen and oxygen atoms in total. The zero-order valence-electron chi connectivity index (χ0n) is 44.5. The van der Waals surface area contributed by atoms with Crippen LogP contribution in [0.1, 0.15) is 44.5 Å². The second kappa shape index (κ2) is 16.1. The Labute approximate surface area is 474 Å². The third-order valence-electron chi connectivity index (χ3n) is 19.3. The summed E-state index contributed by atoms with van der Waals surface area (Å²) in [6.45, 7) is 0. The van der Waals surface area contributed by atoms with Crippen LogP contribution in [0.4, 0.5) is 17.1 Å². The Morgan fingerprint density at radius 2 is 0.610 bits per heavy atom. The molecule has 0 atom stereocenters. The lowest BCUT2D eigenvalue weighted by molar-refractivity contribution is 0.669. The van der Waals surface area contributed by atoms with E-state index in [0.717, 1.165) is 44.7 Å². The van der Waals surface area contributed by atoms with Gasteiger partial charge in [0.25, 0.3) is 0 Å². The van der Waals surface area contributed by atoms with E-state index in [9.17, 15) is 0 Å². The van der Waals surface area contributed by atoms with Crippen LogP contribution in [0.5, 0.6) is 0 Å². The molecule has 4 aliphatic rings. The largest absolute Gasteiger partial charge is 0.456 e. The Hall–Kier alpha value is -10.5. The van der Waals surface area contributed by atoms with Gasteiger partial charge < -0.3 is 9.32 Å². The van der Waals surface area contributed by atoms with Crippen LogP contribution in [0.15, 0.2) is 290 Å². The van der Waals surface area contributed by atoms with Gasteiger partial charge in [0, 0.05) is 33.2 Å². The molecule has 378 valence electrons. The third-order valence-corrected chi connectivity index (χ3v) is 19.3. The average molecular weight is 1040 g/mol. The van der Waals surface area contributed by atoms with Gasteiger partial charge in [-0.2, -0.15) is 0 Å². The van der Waals surface area contributed by atoms with E-state index in [1.807, 2.05) is 0 Å². The highest BCUT2D eigenvalue weighted by molar-refractivity contribution is 6.34. The quantitative estimate of drug-likeness (QED) is 0.163. The molecule has 19 rings (SSSR count). The fourth-order valence-electron chi connectivity index (χ4n) is 16.2. The molecular formula is C80H47NO. The van der Waals surface area contributed by atoms with Crippen molar-refractivity contribution in [3.63, 3.8) is 0 Å². The Bertz CT molecular complexity index is 5000. The molecule has 1 aromatic heterocycles. The van der Waals surface area contributed by atoms with E-state index in [1.54, 1.807) is 0 Å². The molecule has 0 unspecified atom stereocenters. The maximum Gasteiger partial charge on any atom is 0.136 e. The van der Waals surface area contributed by atoms with E-state index in [0.29, 0.717) is 0 Å². The first-order chi connectivity index (χ1) is 40.7. The third kappa shape index (κ3) is 5.49. The highest BCUT2D eigenvalue weighted by Gasteiger charge is 2.53. The van der Waals surface area contributed by atoms with Gasteiger partial charge >= 0.3 is 0 Å². The van der Waals surface area contributed by atoms with E-state index < -0.39 is 10.8 Å². The number of fused-ring (bicyclic) bond motifs is 30. The summed E-state index contributed by atoms with van der Waals surface area (Å²) < 4.78 is 6.52. The lowest BCUT2D eigenvalue weighted by Gasteiger charge is -2.33. The topological polar surface area (TPSA) is 16.4 Å². The predicted molar refractivity (Wildman–Crippen MR) is 339 cm³/mol. The van der Waals surface area contributed by atoms with E-state index in [1.165, 1.54) is 127 Å². The summed E-state index contributed by atoms with van der Waals surface area (Å²) >= 11 is 0. The van der Waals surface area contributed by atoms with Gasteiger partial charge in [-0.15, -0.1) is 0 Å². The number of benzene rings is 14. The molecule has 0 bridgehead atoms. The Kier molecular flexibility index (Phi) is 8.69. The SMILES string of the molecule is c1cc(-c2ccc3c4ccccc4c4c(ccc5oc6ccccc6c54)c3c2)cc(N(c2ccc3c(c2)C2(c4ccccc4-c4ccccc42)c2ccccc2-3)c2ccc3c(c2)C2(c4ccccc4-c4ccccc42)c2ccccc2-3)c1. The first-order valence-corrected chi connectivity index (χ1v) is 28.6. The minimum atomic E-state index is -0.504. The molecule has 14 aromatic carbocycles. The maximum absolute atomic E-state index is 6.52. The van der Waals surface area contributed by atoms with Crippen LogP contribution in [-0.4, -0.2) is 0 Å². The van der Waals surface area contributed by atoms with Crippen LogP contribution in [0.2, 0.25) is 0 Å². The Morgan fingerprint density at radius 1 is 0.220 bits per heavy atom. The van der Waals surface area contributed by atoms with Crippen molar-refractivity contribution in [3.05, 3.63) is 330 Å². The van der Waals surface area contributed by atoms with Crippen molar-refractivity contribution in [2.45, 2.75) is 10.8 Å². The molecule has 0 amide bonds. The fraction of sp³-hybridized carbons (Fsp3) is 0.0250. The maximum atomic E-state index is 6.52. The van der Waals surface area contributed by atoms with Crippen molar-refractivity contribution in [1.29, 1.82) is 0 Å². The van der Waals surface area contributed by atoms with Gasteiger partial charge in [-0.1, -0.05) is 224 Å². The van der Waals surface area contributed by atoms with E-state index in [4.69, 9.17) is 4.42 Å². The van der Waals surface area contributed by atoms with Crippen molar-refractivity contribution < 1.29 is 4.42 Å². The smallest absolute Gasteiger partial charge is 0.136 e. The molecular weight excluding hydrogens is 991 g/mol. The van der Waals surface area contributed by atoms with Crippen molar-refractivity contribution in [1.82, 2.24) is 0 Å². The second-order valence-corrected chi connectivity index (χ2v) is 22.9. The molecule has 0 radical (unpaired) electrons. The van der Waals surface area contributed by atoms with E-state index in [-0.39, 0.29) is 0 Å². The number of nitrogens with zero attached hydrogens (tertiary/aromatic N) is 1. The van der Waals surface area contributed by atoms with E-state index >= 15 is 0 Å². The molecule has 4 aliphatic carbocycles. The van der Waals surface area contributed by atoms with Gasteiger partial charge in [-0.25, -0.2) is 0 Å². The number of para-hydroxylation sites is 1. The summed E-state index contributed by atoms with van der Waals surface area (Å²) in [6.07, 6.45) is 0. The molecule has 82 heavy (non-hydrogen) atoms. The number of hydrogen-bond donors (Lipinski definition) is 0. The molecule has 2 heteroatoms. The molecule has 15 aromatic rings. The van der Waals surface area contributed by atoms with Gasteiger partial charge in [0.15, 0.2) is 0 Å². The van der Waals surface area contributed by atoms with Crippen LogP contribution < -0.4 is 4.90 Å². The molecule has 0 aliphatic heterocycles. The number of hydrogen-bond acceptors (Lipinski definition) is 2. The Morgan fingerprint density at radius 3 is 1.13 bits per heavy atom. The Balaban J connectivity index is 0.864. The number of rotatable bonds is 4. The van der Waals surface area contributed by atoms with Crippen molar-refractivity contribution in [2.75, 3.05) is 4.90 Å². The molecule has 0 saturated heterocycles. The van der Waals surface area contributed by atoms with Gasteiger partial charge in [-0.3, -0.25) is 0 Å². The summed E-state index contributed by atoms with van der Waals surface area (Å²) in [4.78, 5) is 2.54. The molecule has 2 spiro atoms. The number of anilines is 3. The normalized spacial score (nSPS) is 14.0. The van der Waals surface area contributed by atoms with Crippen LogP contribution >= 0.6 is 0 Å². The lowest BCUT2D eigenvalue weighted by atomic mass is 9.70. The fourth-order valence-corrected chi connectivity index (χ4v) is 16.2. The summed E-state index contributed by atoms with van der Waals surface area (Å²) in [7, 11) is 0. The number of furan rings is 1. The van der Waals surface area contributed by atoms with Gasteiger partial charge in [-0.05, 0) is 188 Å². The standard InChI is InChI=1S/C80H47NO/c1-2-27-63-53(20-1)54-39-36-49(45-66(54)64-42-43-76-78(77(63)64)65-28-9-16-35-75(65)82-76)48-18-17-19-50(44-48)81(51-37-40-61-59-25-7-14-33-71(59)79(73(61)46-51)67-29-10-3-21-55(67)56-22-4-11-30-68(56)79)52-38-41-62-60-26-8-15-34-72(60)80(74(62)47-52)69-31-12-5-23-57(69)58-24-6-13-32-70(58)80/h1-47H. The summed E-state index contributed by atoms with van der Waals surface area (Å²) in [6, 6.07) is 108. The van der Waals surface area contributed by atoms with Crippen molar-refractivity contribution in [3.8, 4) is 55.6 Å². The average Bonchev–Trinajstić information content (AvgIpc) is 3.37. The summed E-state index contributed by atoms with van der Waals surface area (Å²) in [5.74, 6) is 0. The van der Waals surface area contributed by atoms with Gasteiger partial charge in [0.2, 0.25) is 0 Å². The zero-order valence-corrected chi connectivity index (χ0v) is 44.5. The van der Waals surface area contributed by atoms with Crippen LogP contribution in [0, 0.1) is 0 Å². The van der Waals surface area contributed by atoms with Crippen LogP contribution in [0.25, 0.3) is 110 Å². The summed E-state index contributed by atoms with van der Waals surface area (Å²) in [5.41, 5.74) is 27.4. The summed E-state index contributed by atoms with van der Waals surface area (Å²) in [5, 5.41) is 9.70. The minimum absolute atomic E-state index is 0.504. The highest BCUT2D eigenvalue weighted by atomic mass is 16.3. The minimum Gasteiger partial charge on any atom is -0.456 e. The first-order valence-electron chi connectivity index (χ1n) is 28.6. The highest BCUT2D eigenvalue weighted by Crippen LogP contribution is 2.65. The van der Waals surface area contributed by atoms with Crippen molar-refractivity contribution in [2.24, 2.45) is 0 Å². The molecule has 1 heterocycles. The predicted octanol–water partition coefficient (Wildman–Crippen LogP) is 20.9. The van der Waals surface area contributed by atoms with Gasteiger partial charge in [0.05, 0.1) is 10.8 Å². The van der Waals surface area contributed by atoms with E-state index in [2.05, 4.69) is 290 Å². The lowest BCUT2D eigenvalue weighted by Crippen LogP contribution is -2.26. The molecule has 0 saturated carbocycles. The first kappa shape index (κ1) is 44.3. The van der Waals surface area contributed by atoms with Crippen LogP contribution in [-0.2, 0) is 10.8 Å². The van der Waals surface area contributed by atoms with Crippen LogP contribution in [0.3, 0.4) is 0 Å². The molecule has 0 fully saturated rings. The monoisotopic (exact) mass is 1040 g/mol. The zero-order chi connectivity index (χ0) is 53.4. The second-order valence-electron chi connectivity index (χ2n) is 22.9. The molecule has 0 N–H and O–H groups in total. The van der Waals surface area contributed by atoms with Crippen molar-refractivity contribution >= 4 is 71.3 Å². The van der Waals surface area contributed by atoms with Gasteiger partial charge in [0.1, 0.15) is 11.2 Å².